The fraction of sp³-hybridized carbons (Fsp3) is 0.111. The number of nitro groups is 1. The average Bonchev–Trinajstić information content (AvgIpc) is 3.43. The molecule has 36 heavy (non-hydrogen) atoms. The second-order valence-corrected chi connectivity index (χ2v) is 8.19. The summed E-state index contributed by atoms with van der Waals surface area (Å²) in [5, 5.41) is 23.1. The van der Waals surface area contributed by atoms with Crippen molar-refractivity contribution in [2.75, 3.05) is 11.5 Å². The summed E-state index contributed by atoms with van der Waals surface area (Å²) in [6, 6.07) is 18.5. The zero-order chi connectivity index (χ0) is 25.4. The van der Waals surface area contributed by atoms with Gasteiger partial charge in [0.1, 0.15) is 11.5 Å². The standard InChI is InChI=1S/C27H21N3O6/c1-2-36-19-13-11-17(12-14-19)29-24(21-15-28-22-6-4-3-5-20(21)22)23(26(32)27(29)33)25(31)16-7-9-18(10-8-16)30(34)35/h3-15,24,28,31H,2H2,1H3/b25-23+. The topological polar surface area (TPSA) is 126 Å². The number of nitrogens with zero attached hydrogens (tertiary/aromatic N) is 2. The van der Waals surface area contributed by atoms with Crippen LogP contribution in [-0.2, 0) is 9.59 Å². The van der Waals surface area contributed by atoms with Gasteiger partial charge in [0.2, 0.25) is 0 Å². The largest absolute Gasteiger partial charge is 0.507 e. The zero-order valence-corrected chi connectivity index (χ0v) is 19.2. The van der Waals surface area contributed by atoms with Crippen LogP contribution in [0.3, 0.4) is 0 Å². The molecule has 0 spiro atoms. The lowest BCUT2D eigenvalue weighted by Gasteiger charge is -2.25. The number of aromatic nitrogens is 1. The molecular formula is C27H21N3O6. The van der Waals surface area contributed by atoms with Crippen LogP contribution in [0.4, 0.5) is 11.4 Å². The third-order valence-electron chi connectivity index (χ3n) is 6.14. The second kappa shape index (κ2) is 9.03. The van der Waals surface area contributed by atoms with Gasteiger partial charge < -0.3 is 14.8 Å². The third-order valence-corrected chi connectivity index (χ3v) is 6.14. The fourth-order valence-electron chi connectivity index (χ4n) is 4.48. The van der Waals surface area contributed by atoms with Crippen LogP contribution in [0.15, 0.2) is 84.6 Å². The maximum Gasteiger partial charge on any atom is 0.300 e. The number of aliphatic hydroxyl groups is 1. The van der Waals surface area contributed by atoms with Crippen molar-refractivity contribution in [1.82, 2.24) is 4.98 Å². The normalized spacial score (nSPS) is 17.0. The molecule has 2 N–H and O–H groups in total. The number of hydrogen-bond donors (Lipinski definition) is 2. The van der Waals surface area contributed by atoms with Crippen LogP contribution in [0.1, 0.15) is 24.1 Å². The van der Waals surface area contributed by atoms with E-state index in [2.05, 4.69) is 4.98 Å². The van der Waals surface area contributed by atoms with Gasteiger partial charge in [-0.15, -0.1) is 0 Å². The van der Waals surface area contributed by atoms with Crippen molar-refractivity contribution in [3.05, 3.63) is 106 Å². The highest BCUT2D eigenvalue weighted by Gasteiger charge is 2.47. The minimum atomic E-state index is -0.936. The van der Waals surface area contributed by atoms with Crippen LogP contribution < -0.4 is 9.64 Å². The molecule has 1 saturated heterocycles. The summed E-state index contributed by atoms with van der Waals surface area (Å²) in [4.78, 5) is 41.7. The van der Waals surface area contributed by atoms with Gasteiger partial charge in [0, 0.05) is 46.0 Å². The average molecular weight is 483 g/mol. The monoisotopic (exact) mass is 483 g/mol. The number of benzene rings is 3. The number of para-hydroxylation sites is 1. The van der Waals surface area contributed by atoms with Crippen molar-refractivity contribution >= 4 is 39.7 Å². The van der Waals surface area contributed by atoms with Crippen LogP contribution in [0, 0.1) is 10.1 Å². The zero-order valence-electron chi connectivity index (χ0n) is 19.2. The van der Waals surface area contributed by atoms with Crippen LogP contribution in [0.25, 0.3) is 16.7 Å². The molecule has 1 amide bonds. The van der Waals surface area contributed by atoms with Crippen LogP contribution >= 0.6 is 0 Å². The predicted molar refractivity (Wildman–Crippen MR) is 134 cm³/mol. The number of nitro benzene ring substituents is 1. The van der Waals surface area contributed by atoms with Crippen LogP contribution in [0.5, 0.6) is 5.75 Å². The lowest BCUT2D eigenvalue weighted by atomic mass is 9.94. The highest BCUT2D eigenvalue weighted by Crippen LogP contribution is 2.44. The molecule has 9 heteroatoms. The Morgan fingerprint density at radius 2 is 1.75 bits per heavy atom. The number of carbonyl (C=O) groups excluding carboxylic acids is 2. The Hall–Kier alpha value is -4.92. The molecule has 1 aliphatic rings. The molecule has 4 aromatic rings. The first-order chi connectivity index (χ1) is 17.4. The molecule has 3 aromatic carbocycles. The first kappa shape index (κ1) is 22.9. The van der Waals surface area contributed by atoms with Crippen molar-refractivity contribution in [2.45, 2.75) is 13.0 Å². The van der Waals surface area contributed by atoms with Crippen LogP contribution in [0.2, 0.25) is 0 Å². The molecule has 9 nitrogen and oxygen atoms in total. The Bertz CT molecular complexity index is 1520. The molecular weight excluding hydrogens is 462 g/mol. The molecule has 1 aromatic heterocycles. The fourth-order valence-corrected chi connectivity index (χ4v) is 4.48. The maximum absolute atomic E-state index is 13.3. The molecule has 180 valence electrons. The smallest absolute Gasteiger partial charge is 0.300 e. The number of H-pyrrole nitrogens is 1. The van der Waals surface area contributed by atoms with E-state index in [1.165, 1.54) is 29.2 Å². The Morgan fingerprint density at radius 3 is 2.42 bits per heavy atom. The molecule has 1 fully saturated rings. The van der Waals surface area contributed by atoms with E-state index in [1.807, 2.05) is 31.2 Å². The number of Topliss-reactive ketones (excluding diaryl/α,β-unsaturated/α-hetero) is 1. The molecule has 1 unspecified atom stereocenters. The van der Waals surface area contributed by atoms with E-state index in [-0.39, 0.29) is 16.8 Å². The molecule has 0 radical (unpaired) electrons. The number of hydrogen-bond acceptors (Lipinski definition) is 6. The number of amides is 1. The number of nitrogens with one attached hydrogen (secondary N) is 1. The number of anilines is 1. The summed E-state index contributed by atoms with van der Waals surface area (Å²) in [5.74, 6) is -1.44. The van der Waals surface area contributed by atoms with Crippen molar-refractivity contribution in [3.63, 3.8) is 0 Å². The highest BCUT2D eigenvalue weighted by atomic mass is 16.6. The molecule has 5 rings (SSSR count). The van der Waals surface area contributed by atoms with Crippen molar-refractivity contribution in [2.24, 2.45) is 0 Å². The number of fused-ring (bicyclic) bond motifs is 1. The number of non-ortho nitro benzene ring substituents is 1. The summed E-state index contributed by atoms with van der Waals surface area (Å²) in [7, 11) is 0. The summed E-state index contributed by atoms with van der Waals surface area (Å²) >= 11 is 0. The van der Waals surface area contributed by atoms with Gasteiger partial charge in [-0.1, -0.05) is 18.2 Å². The van der Waals surface area contributed by atoms with E-state index in [0.29, 0.717) is 23.6 Å². The molecule has 2 heterocycles. The van der Waals surface area contributed by atoms with Gasteiger partial charge in [-0.25, -0.2) is 0 Å². The molecule has 0 aliphatic carbocycles. The number of carbonyl (C=O) groups is 2. The van der Waals surface area contributed by atoms with Gasteiger partial charge in [0.05, 0.1) is 23.1 Å². The molecule has 1 aliphatic heterocycles. The van der Waals surface area contributed by atoms with E-state index in [1.54, 1.807) is 30.5 Å². The number of rotatable bonds is 6. The minimum absolute atomic E-state index is 0.104. The van der Waals surface area contributed by atoms with Gasteiger partial charge in [-0.05, 0) is 49.4 Å². The minimum Gasteiger partial charge on any atom is -0.507 e. The van der Waals surface area contributed by atoms with E-state index >= 15 is 0 Å². The first-order valence-corrected chi connectivity index (χ1v) is 11.3. The number of ketones is 1. The molecule has 1 atom stereocenters. The van der Waals surface area contributed by atoms with Crippen LogP contribution in [-0.4, -0.2) is 33.3 Å². The Labute approximate surface area is 205 Å². The number of aromatic amines is 1. The van der Waals surface area contributed by atoms with Crippen molar-refractivity contribution in [3.8, 4) is 5.75 Å². The highest BCUT2D eigenvalue weighted by molar-refractivity contribution is 6.51. The summed E-state index contributed by atoms with van der Waals surface area (Å²) in [5.41, 5.74) is 1.82. The SMILES string of the molecule is CCOc1ccc(N2C(=O)C(=O)/C(=C(/O)c3ccc([N+](=O)[O-])cc3)C2c2c[nH]c3ccccc23)cc1. The van der Waals surface area contributed by atoms with Gasteiger partial charge >= 0.3 is 0 Å². The summed E-state index contributed by atoms with van der Waals surface area (Å²) in [6.07, 6.45) is 1.71. The lowest BCUT2D eigenvalue weighted by Crippen LogP contribution is -2.29. The molecule has 0 bridgehead atoms. The van der Waals surface area contributed by atoms with Gasteiger partial charge in [0.15, 0.2) is 0 Å². The maximum atomic E-state index is 13.3. The van der Waals surface area contributed by atoms with E-state index in [4.69, 9.17) is 4.74 Å². The number of aliphatic hydroxyl groups excluding tert-OH is 1. The third kappa shape index (κ3) is 3.76. The van der Waals surface area contributed by atoms with Gasteiger partial charge in [-0.2, -0.15) is 0 Å². The van der Waals surface area contributed by atoms with Crippen molar-refractivity contribution < 1.29 is 24.4 Å². The Balaban J connectivity index is 1.70. The quantitative estimate of drug-likeness (QED) is 0.129. The van der Waals surface area contributed by atoms with E-state index in [0.717, 1.165) is 10.9 Å². The van der Waals surface area contributed by atoms with E-state index in [9.17, 15) is 24.8 Å². The first-order valence-electron chi connectivity index (χ1n) is 11.3. The van der Waals surface area contributed by atoms with E-state index < -0.39 is 28.4 Å². The van der Waals surface area contributed by atoms with Crippen molar-refractivity contribution in [1.29, 1.82) is 0 Å². The lowest BCUT2D eigenvalue weighted by molar-refractivity contribution is -0.384. The van der Waals surface area contributed by atoms with Gasteiger partial charge in [-0.3, -0.25) is 24.6 Å². The van der Waals surface area contributed by atoms with Gasteiger partial charge in [0.25, 0.3) is 17.4 Å². The number of ether oxygens (including phenoxy) is 1. The Kier molecular flexibility index (Phi) is 5.73. The second-order valence-electron chi connectivity index (χ2n) is 8.19. The summed E-state index contributed by atoms with van der Waals surface area (Å²) in [6.45, 7) is 2.34. The predicted octanol–water partition coefficient (Wildman–Crippen LogP) is 5.10. The molecule has 0 saturated carbocycles. The Morgan fingerprint density at radius 1 is 1.06 bits per heavy atom. The summed E-state index contributed by atoms with van der Waals surface area (Å²) < 4.78 is 5.50.